The Bertz CT molecular complexity index is 673. The monoisotopic (exact) mass is 275 g/mol. The Kier molecular flexibility index (Phi) is 2.90. The molecule has 20 heavy (non-hydrogen) atoms. The maximum atomic E-state index is 12.2. The van der Waals surface area contributed by atoms with Gasteiger partial charge in [0.1, 0.15) is 0 Å². The maximum Gasteiger partial charge on any atom is 0.331 e. The first-order valence-corrected chi connectivity index (χ1v) is 6.17. The molecular weight excluding hydrogens is 262 g/mol. The molecule has 0 aliphatic carbocycles. The van der Waals surface area contributed by atoms with Crippen LogP contribution < -0.4 is 5.32 Å². The minimum atomic E-state index is -1.33. The van der Waals surface area contributed by atoms with E-state index < -0.39 is 17.4 Å². The molecule has 1 aliphatic rings. The Labute approximate surface area is 113 Å². The van der Waals surface area contributed by atoms with Crippen LogP contribution in [0.4, 0.5) is 0 Å². The van der Waals surface area contributed by atoms with Gasteiger partial charge in [0.05, 0.1) is 18.3 Å². The van der Waals surface area contributed by atoms with Crippen molar-refractivity contribution < 1.29 is 19.4 Å². The van der Waals surface area contributed by atoms with E-state index in [-0.39, 0.29) is 13.0 Å². The number of hydrogen-bond acceptors (Lipinski definition) is 4. The zero-order valence-electron chi connectivity index (χ0n) is 10.5. The molecule has 1 aliphatic heterocycles. The fourth-order valence-corrected chi connectivity index (χ4v) is 2.25. The van der Waals surface area contributed by atoms with Crippen LogP contribution >= 0.6 is 0 Å². The fourth-order valence-electron chi connectivity index (χ4n) is 2.25. The number of carbonyl (C=O) groups excluding carboxylic acids is 1. The largest absolute Gasteiger partial charge is 0.479 e. The van der Waals surface area contributed by atoms with Crippen LogP contribution in [-0.2, 0) is 9.53 Å². The van der Waals surface area contributed by atoms with Gasteiger partial charge in [0.25, 0.3) is 5.91 Å². The molecular formula is C13H13N3O4. The number of aromatic amines is 1. The number of aliphatic carboxylic acids is 1. The van der Waals surface area contributed by atoms with Gasteiger partial charge in [0.15, 0.2) is 5.54 Å². The summed E-state index contributed by atoms with van der Waals surface area (Å²) in [5.41, 5.74) is -0.223. The van der Waals surface area contributed by atoms with Crippen molar-refractivity contribution in [1.82, 2.24) is 15.5 Å². The normalized spacial score (nSPS) is 22.0. The summed E-state index contributed by atoms with van der Waals surface area (Å²) in [5.74, 6) is -1.51. The molecule has 1 saturated heterocycles. The molecule has 0 saturated carbocycles. The van der Waals surface area contributed by atoms with Gasteiger partial charge in [0.2, 0.25) is 0 Å². The molecule has 3 rings (SSSR count). The second-order valence-corrected chi connectivity index (χ2v) is 4.82. The predicted octanol–water partition coefficient (Wildman–Crippen LogP) is 0.536. The lowest BCUT2D eigenvalue weighted by Gasteiger charge is -2.23. The molecule has 104 valence electrons. The Hall–Kier alpha value is -2.41. The van der Waals surface area contributed by atoms with Gasteiger partial charge >= 0.3 is 5.97 Å². The highest BCUT2D eigenvalue weighted by atomic mass is 16.5. The summed E-state index contributed by atoms with van der Waals surface area (Å²) in [6.07, 6.45) is 1.92. The zero-order valence-corrected chi connectivity index (χ0v) is 10.5. The number of carboxylic acids is 1. The highest BCUT2D eigenvalue weighted by molar-refractivity contribution is 6.00. The van der Waals surface area contributed by atoms with Crippen molar-refractivity contribution in [2.45, 2.75) is 12.0 Å². The van der Waals surface area contributed by atoms with Gasteiger partial charge in [-0.15, -0.1) is 0 Å². The van der Waals surface area contributed by atoms with E-state index >= 15 is 0 Å². The Morgan fingerprint density at radius 1 is 1.45 bits per heavy atom. The number of ether oxygens (including phenoxy) is 1. The predicted molar refractivity (Wildman–Crippen MR) is 69.4 cm³/mol. The number of fused-ring (bicyclic) bond motifs is 1. The minimum absolute atomic E-state index is 0.0135. The third kappa shape index (κ3) is 2.01. The third-order valence-electron chi connectivity index (χ3n) is 3.49. The average molecular weight is 275 g/mol. The molecule has 2 aromatic rings. The van der Waals surface area contributed by atoms with Crippen LogP contribution in [0.15, 0.2) is 24.4 Å². The molecule has 1 unspecified atom stereocenters. The van der Waals surface area contributed by atoms with Crippen molar-refractivity contribution in [1.29, 1.82) is 0 Å². The van der Waals surface area contributed by atoms with E-state index in [0.717, 1.165) is 10.9 Å². The molecule has 1 aromatic carbocycles. The topological polar surface area (TPSA) is 104 Å². The van der Waals surface area contributed by atoms with Crippen LogP contribution in [0.3, 0.4) is 0 Å². The lowest BCUT2D eigenvalue weighted by atomic mass is 9.98. The van der Waals surface area contributed by atoms with E-state index in [9.17, 15) is 14.7 Å². The summed E-state index contributed by atoms with van der Waals surface area (Å²) >= 11 is 0. The number of rotatable bonds is 3. The maximum absolute atomic E-state index is 12.2. The number of hydrogen-bond donors (Lipinski definition) is 3. The summed E-state index contributed by atoms with van der Waals surface area (Å²) in [4.78, 5) is 23.6. The average Bonchev–Trinajstić information content (AvgIpc) is 3.06. The Balaban J connectivity index is 1.86. The van der Waals surface area contributed by atoms with E-state index in [0.29, 0.717) is 12.2 Å². The molecule has 1 fully saturated rings. The van der Waals surface area contributed by atoms with Crippen molar-refractivity contribution in [3.05, 3.63) is 30.0 Å². The summed E-state index contributed by atoms with van der Waals surface area (Å²) in [6, 6.07) is 5.04. The Morgan fingerprint density at radius 2 is 2.30 bits per heavy atom. The molecule has 7 heteroatoms. The summed E-state index contributed by atoms with van der Waals surface area (Å²) in [7, 11) is 0. The zero-order chi connectivity index (χ0) is 14.2. The van der Waals surface area contributed by atoms with Gasteiger partial charge in [-0.2, -0.15) is 5.10 Å². The van der Waals surface area contributed by atoms with Crippen LogP contribution in [0.25, 0.3) is 10.9 Å². The molecule has 0 spiro atoms. The molecule has 0 radical (unpaired) electrons. The van der Waals surface area contributed by atoms with Gasteiger partial charge in [0, 0.05) is 24.0 Å². The van der Waals surface area contributed by atoms with Crippen molar-refractivity contribution in [2.24, 2.45) is 0 Å². The highest BCUT2D eigenvalue weighted by Crippen LogP contribution is 2.20. The van der Waals surface area contributed by atoms with E-state index in [2.05, 4.69) is 15.5 Å². The van der Waals surface area contributed by atoms with E-state index in [1.807, 2.05) is 0 Å². The van der Waals surface area contributed by atoms with Crippen molar-refractivity contribution in [2.75, 3.05) is 13.2 Å². The molecule has 1 amide bonds. The molecule has 7 nitrogen and oxygen atoms in total. The first-order valence-electron chi connectivity index (χ1n) is 6.17. The second kappa shape index (κ2) is 4.61. The summed E-state index contributed by atoms with van der Waals surface area (Å²) < 4.78 is 5.10. The number of aromatic nitrogens is 2. The molecule has 1 aromatic heterocycles. The van der Waals surface area contributed by atoms with Gasteiger partial charge < -0.3 is 15.2 Å². The summed E-state index contributed by atoms with van der Waals surface area (Å²) in [6.45, 7) is 0.312. The number of nitrogens with zero attached hydrogens (tertiary/aromatic N) is 1. The van der Waals surface area contributed by atoms with Crippen molar-refractivity contribution in [3.8, 4) is 0 Å². The highest BCUT2D eigenvalue weighted by Gasteiger charge is 2.44. The number of H-pyrrole nitrogens is 1. The first kappa shape index (κ1) is 12.6. The van der Waals surface area contributed by atoms with Gasteiger partial charge in [-0.1, -0.05) is 6.07 Å². The van der Waals surface area contributed by atoms with Gasteiger partial charge in [-0.05, 0) is 12.1 Å². The van der Waals surface area contributed by atoms with Gasteiger partial charge in [-0.25, -0.2) is 4.79 Å². The quantitative estimate of drug-likeness (QED) is 0.758. The smallest absolute Gasteiger partial charge is 0.331 e. The van der Waals surface area contributed by atoms with E-state index in [1.54, 1.807) is 24.4 Å². The number of nitrogens with one attached hydrogen (secondary N) is 2. The molecule has 2 heterocycles. The second-order valence-electron chi connectivity index (χ2n) is 4.82. The molecule has 3 N–H and O–H groups in total. The number of benzene rings is 1. The van der Waals surface area contributed by atoms with Crippen LogP contribution in [0.1, 0.15) is 16.8 Å². The summed E-state index contributed by atoms with van der Waals surface area (Å²) in [5, 5.41) is 19.4. The van der Waals surface area contributed by atoms with E-state index in [4.69, 9.17) is 4.74 Å². The first-order chi connectivity index (χ1) is 9.61. The third-order valence-corrected chi connectivity index (χ3v) is 3.49. The van der Waals surface area contributed by atoms with Crippen molar-refractivity contribution in [3.63, 3.8) is 0 Å². The van der Waals surface area contributed by atoms with Gasteiger partial charge in [-0.3, -0.25) is 9.89 Å². The van der Waals surface area contributed by atoms with Crippen LogP contribution in [0, 0.1) is 0 Å². The fraction of sp³-hybridized carbons (Fsp3) is 0.308. The SMILES string of the molecule is O=C(NC1(C(=O)O)CCOC1)c1ccc2cn[nH]c2c1. The molecule has 0 bridgehead atoms. The van der Waals surface area contributed by atoms with E-state index in [1.165, 1.54) is 0 Å². The standard InChI is InChI=1S/C13H13N3O4/c17-11(15-13(12(18)19)3-4-20-7-13)8-1-2-9-6-14-16-10(9)5-8/h1-2,5-6H,3-4,7H2,(H,14,16)(H,15,17)(H,18,19). The molecule has 1 atom stereocenters. The van der Waals surface area contributed by atoms with Crippen molar-refractivity contribution >= 4 is 22.8 Å². The van der Waals surface area contributed by atoms with Crippen LogP contribution in [0.2, 0.25) is 0 Å². The minimum Gasteiger partial charge on any atom is -0.479 e. The Morgan fingerprint density at radius 3 is 3.00 bits per heavy atom. The number of carbonyl (C=O) groups is 2. The lowest BCUT2D eigenvalue weighted by molar-refractivity contribution is -0.144. The lowest BCUT2D eigenvalue weighted by Crippen LogP contribution is -2.55. The van der Waals surface area contributed by atoms with Crippen LogP contribution in [0.5, 0.6) is 0 Å². The number of amides is 1. The van der Waals surface area contributed by atoms with Crippen LogP contribution in [-0.4, -0.2) is 45.9 Å². The number of carboxylic acid groups (broad SMARTS) is 1.